The Morgan fingerprint density at radius 1 is 1.28 bits per heavy atom. The van der Waals surface area contributed by atoms with Gasteiger partial charge in [-0.3, -0.25) is 0 Å². The summed E-state index contributed by atoms with van der Waals surface area (Å²) < 4.78 is 0. The third-order valence-electron chi connectivity index (χ3n) is 4.03. The summed E-state index contributed by atoms with van der Waals surface area (Å²) in [6.45, 7) is 4.17. The Balaban J connectivity index is 1.96. The van der Waals surface area contributed by atoms with Crippen molar-refractivity contribution in [3.8, 4) is 0 Å². The SMILES string of the molecule is CCCNC(CCCN)C1Cc2ccccc2C1. The lowest BCUT2D eigenvalue weighted by Gasteiger charge is -2.24. The molecule has 0 saturated carbocycles. The molecular weight excluding hydrogens is 220 g/mol. The van der Waals surface area contributed by atoms with Gasteiger partial charge in [0.05, 0.1) is 0 Å². The summed E-state index contributed by atoms with van der Waals surface area (Å²) >= 11 is 0. The first-order chi connectivity index (χ1) is 8.85. The Hall–Kier alpha value is -0.860. The van der Waals surface area contributed by atoms with E-state index in [2.05, 4.69) is 36.5 Å². The molecule has 1 unspecified atom stereocenters. The third kappa shape index (κ3) is 3.33. The van der Waals surface area contributed by atoms with Gasteiger partial charge in [0.1, 0.15) is 0 Å². The van der Waals surface area contributed by atoms with Crippen LogP contribution < -0.4 is 11.1 Å². The van der Waals surface area contributed by atoms with Gasteiger partial charge in [-0.1, -0.05) is 31.2 Å². The molecule has 3 N–H and O–H groups in total. The van der Waals surface area contributed by atoms with Gasteiger partial charge in [0.25, 0.3) is 0 Å². The van der Waals surface area contributed by atoms with Crippen molar-refractivity contribution in [1.82, 2.24) is 5.32 Å². The number of benzene rings is 1. The topological polar surface area (TPSA) is 38.0 Å². The second-order valence-electron chi connectivity index (χ2n) is 5.43. The van der Waals surface area contributed by atoms with Crippen molar-refractivity contribution < 1.29 is 0 Å². The Labute approximate surface area is 111 Å². The monoisotopic (exact) mass is 246 g/mol. The van der Waals surface area contributed by atoms with Gasteiger partial charge in [-0.25, -0.2) is 0 Å². The molecule has 0 aliphatic heterocycles. The van der Waals surface area contributed by atoms with Gasteiger partial charge in [-0.15, -0.1) is 0 Å². The Kier molecular flexibility index (Phi) is 5.21. The minimum Gasteiger partial charge on any atom is -0.330 e. The lowest BCUT2D eigenvalue weighted by molar-refractivity contribution is 0.340. The van der Waals surface area contributed by atoms with E-state index in [9.17, 15) is 0 Å². The number of fused-ring (bicyclic) bond motifs is 1. The van der Waals surface area contributed by atoms with Gasteiger partial charge in [-0.2, -0.15) is 0 Å². The van der Waals surface area contributed by atoms with Crippen LogP contribution in [0.25, 0.3) is 0 Å². The molecule has 1 atom stereocenters. The lowest BCUT2D eigenvalue weighted by Crippen LogP contribution is -2.37. The molecule has 0 aromatic heterocycles. The van der Waals surface area contributed by atoms with Crippen LogP contribution in [0.5, 0.6) is 0 Å². The maximum absolute atomic E-state index is 5.66. The maximum atomic E-state index is 5.66. The fourth-order valence-electron chi connectivity index (χ4n) is 3.05. The van der Waals surface area contributed by atoms with E-state index in [4.69, 9.17) is 5.73 Å². The number of hydrogen-bond donors (Lipinski definition) is 2. The van der Waals surface area contributed by atoms with Gasteiger partial charge >= 0.3 is 0 Å². The first-order valence-corrected chi connectivity index (χ1v) is 7.35. The number of nitrogens with two attached hydrogens (primary N) is 1. The molecule has 0 spiro atoms. The van der Waals surface area contributed by atoms with E-state index >= 15 is 0 Å². The minimum absolute atomic E-state index is 0.640. The fraction of sp³-hybridized carbons (Fsp3) is 0.625. The molecule has 1 aromatic carbocycles. The lowest BCUT2D eigenvalue weighted by atomic mass is 9.92. The first kappa shape index (κ1) is 13.6. The van der Waals surface area contributed by atoms with Crippen LogP contribution in [0.4, 0.5) is 0 Å². The predicted octanol–water partition coefficient (Wildman–Crippen LogP) is 2.51. The van der Waals surface area contributed by atoms with Crippen LogP contribution in [0.3, 0.4) is 0 Å². The smallest absolute Gasteiger partial charge is 0.0102 e. The molecule has 18 heavy (non-hydrogen) atoms. The number of hydrogen-bond acceptors (Lipinski definition) is 2. The van der Waals surface area contributed by atoms with Crippen molar-refractivity contribution in [3.63, 3.8) is 0 Å². The Bertz CT molecular complexity index is 329. The van der Waals surface area contributed by atoms with Crippen molar-refractivity contribution >= 4 is 0 Å². The van der Waals surface area contributed by atoms with Crippen molar-refractivity contribution in [2.24, 2.45) is 11.7 Å². The minimum atomic E-state index is 0.640. The summed E-state index contributed by atoms with van der Waals surface area (Å²) in [4.78, 5) is 0. The van der Waals surface area contributed by atoms with Crippen LogP contribution in [-0.2, 0) is 12.8 Å². The highest BCUT2D eigenvalue weighted by Gasteiger charge is 2.27. The highest BCUT2D eigenvalue weighted by Crippen LogP contribution is 2.30. The molecular formula is C16H26N2. The zero-order chi connectivity index (χ0) is 12.8. The second kappa shape index (κ2) is 6.91. The molecule has 2 rings (SSSR count). The van der Waals surface area contributed by atoms with Crippen LogP contribution in [0.1, 0.15) is 37.3 Å². The zero-order valence-electron chi connectivity index (χ0n) is 11.5. The van der Waals surface area contributed by atoms with Gasteiger partial charge < -0.3 is 11.1 Å². The van der Waals surface area contributed by atoms with Crippen LogP contribution in [0.15, 0.2) is 24.3 Å². The summed E-state index contributed by atoms with van der Waals surface area (Å²) in [6.07, 6.45) is 6.03. The third-order valence-corrected chi connectivity index (χ3v) is 4.03. The van der Waals surface area contributed by atoms with E-state index in [0.717, 1.165) is 25.4 Å². The molecule has 0 bridgehead atoms. The van der Waals surface area contributed by atoms with Gasteiger partial charge in [-0.05, 0) is 62.2 Å². The Morgan fingerprint density at radius 3 is 2.50 bits per heavy atom. The van der Waals surface area contributed by atoms with E-state index < -0.39 is 0 Å². The number of nitrogens with one attached hydrogen (secondary N) is 1. The first-order valence-electron chi connectivity index (χ1n) is 7.35. The number of rotatable bonds is 7. The van der Waals surface area contributed by atoms with E-state index in [1.807, 2.05) is 0 Å². The highest BCUT2D eigenvalue weighted by molar-refractivity contribution is 5.32. The van der Waals surface area contributed by atoms with Crippen molar-refractivity contribution in [2.75, 3.05) is 13.1 Å². The molecule has 2 heteroatoms. The summed E-state index contributed by atoms with van der Waals surface area (Å²) in [6, 6.07) is 9.54. The van der Waals surface area contributed by atoms with Gasteiger partial charge in [0.2, 0.25) is 0 Å². The van der Waals surface area contributed by atoms with E-state index in [0.29, 0.717) is 6.04 Å². The molecule has 1 aromatic rings. The van der Waals surface area contributed by atoms with Gasteiger partial charge in [0.15, 0.2) is 0 Å². The molecule has 0 saturated heterocycles. The molecule has 1 aliphatic carbocycles. The molecule has 0 amide bonds. The molecule has 0 fully saturated rings. The highest BCUT2D eigenvalue weighted by atomic mass is 14.9. The summed E-state index contributed by atoms with van der Waals surface area (Å²) in [5.74, 6) is 0.764. The second-order valence-corrected chi connectivity index (χ2v) is 5.43. The average Bonchev–Trinajstić information content (AvgIpc) is 2.82. The Morgan fingerprint density at radius 2 is 1.94 bits per heavy atom. The van der Waals surface area contributed by atoms with E-state index in [1.54, 1.807) is 11.1 Å². The van der Waals surface area contributed by atoms with Gasteiger partial charge in [0, 0.05) is 6.04 Å². The van der Waals surface area contributed by atoms with Crippen LogP contribution in [-0.4, -0.2) is 19.1 Å². The molecule has 1 aliphatic rings. The summed E-state index contributed by atoms with van der Waals surface area (Å²) in [7, 11) is 0. The maximum Gasteiger partial charge on any atom is 0.0102 e. The van der Waals surface area contributed by atoms with Crippen LogP contribution >= 0.6 is 0 Å². The zero-order valence-corrected chi connectivity index (χ0v) is 11.5. The normalized spacial score (nSPS) is 16.8. The fourth-order valence-corrected chi connectivity index (χ4v) is 3.05. The molecule has 100 valence electrons. The van der Waals surface area contributed by atoms with Crippen LogP contribution in [0.2, 0.25) is 0 Å². The summed E-state index contributed by atoms with van der Waals surface area (Å²) in [5, 5.41) is 3.73. The quantitative estimate of drug-likeness (QED) is 0.776. The van der Waals surface area contributed by atoms with E-state index in [1.165, 1.54) is 25.7 Å². The van der Waals surface area contributed by atoms with Crippen molar-refractivity contribution in [3.05, 3.63) is 35.4 Å². The average molecular weight is 246 g/mol. The van der Waals surface area contributed by atoms with E-state index in [-0.39, 0.29) is 0 Å². The summed E-state index contributed by atoms with van der Waals surface area (Å²) in [5.41, 5.74) is 8.77. The predicted molar refractivity (Wildman–Crippen MR) is 77.7 cm³/mol. The molecule has 0 radical (unpaired) electrons. The molecule has 2 nitrogen and oxygen atoms in total. The van der Waals surface area contributed by atoms with Crippen molar-refractivity contribution in [1.29, 1.82) is 0 Å². The largest absolute Gasteiger partial charge is 0.330 e. The van der Waals surface area contributed by atoms with Crippen molar-refractivity contribution in [2.45, 2.75) is 45.1 Å². The van der Waals surface area contributed by atoms with Crippen LogP contribution in [0, 0.1) is 5.92 Å². The molecule has 0 heterocycles. The standard InChI is InChI=1S/C16H26N2/c1-2-10-18-16(8-5-9-17)15-11-13-6-3-4-7-14(13)12-15/h3-4,6-7,15-16,18H,2,5,8-12,17H2,1H3.